The Morgan fingerprint density at radius 1 is 1.48 bits per heavy atom. The fraction of sp³-hybridized carbons (Fsp3) is 0.684. The molecule has 1 spiro atoms. The van der Waals surface area contributed by atoms with Crippen molar-refractivity contribution in [1.29, 1.82) is 0 Å². The first-order valence-electron chi connectivity index (χ1n) is 9.35. The van der Waals surface area contributed by atoms with Crippen LogP contribution in [-0.2, 0) is 9.53 Å². The molecule has 2 saturated heterocycles. The summed E-state index contributed by atoms with van der Waals surface area (Å²) in [6.07, 6.45) is 3.16. The van der Waals surface area contributed by atoms with Crippen molar-refractivity contribution in [2.45, 2.75) is 57.3 Å². The summed E-state index contributed by atoms with van der Waals surface area (Å²) in [5.74, 6) is -0.397. The van der Waals surface area contributed by atoms with Crippen LogP contribution in [0.2, 0.25) is 5.02 Å². The molecule has 3 heterocycles. The van der Waals surface area contributed by atoms with Crippen molar-refractivity contribution in [3.63, 3.8) is 0 Å². The van der Waals surface area contributed by atoms with E-state index in [-0.39, 0.29) is 23.5 Å². The van der Waals surface area contributed by atoms with Crippen LogP contribution >= 0.6 is 11.6 Å². The number of aliphatic hydroxyl groups is 1. The van der Waals surface area contributed by atoms with E-state index in [2.05, 4.69) is 10.3 Å². The fourth-order valence-corrected chi connectivity index (χ4v) is 4.03. The lowest BCUT2D eigenvalue weighted by atomic mass is 9.75. The number of ether oxygens (including phenoxy) is 1. The minimum absolute atomic E-state index is 0.0982. The third-order valence-corrected chi connectivity index (χ3v) is 5.80. The Labute approximate surface area is 164 Å². The summed E-state index contributed by atoms with van der Waals surface area (Å²) in [6, 6.07) is 0.824. The minimum atomic E-state index is -1.06. The molecule has 2 aliphatic rings. The van der Waals surface area contributed by atoms with Gasteiger partial charge >= 0.3 is 0 Å². The zero-order chi connectivity index (χ0) is 19.8. The zero-order valence-electron chi connectivity index (χ0n) is 16.0. The summed E-state index contributed by atoms with van der Waals surface area (Å²) in [5, 5.41) is 14.1. The summed E-state index contributed by atoms with van der Waals surface area (Å²) >= 11 is 5.77. The highest BCUT2D eigenvalue weighted by Gasteiger charge is 2.49. The van der Waals surface area contributed by atoms with Gasteiger partial charge in [-0.15, -0.1) is 0 Å². The van der Waals surface area contributed by atoms with E-state index in [9.17, 15) is 14.3 Å². The molecule has 150 valence electrons. The highest BCUT2D eigenvalue weighted by Crippen LogP contribution is 2.40. The molecule has 27 heavy (non-hydrogen) atoms. The van der Waals surface area contributed by atoms with Gasteiger partial charge < -0.3 is 20.1 Å². The number of halogens is 2. The number of carbonyl (C=O) groups is 1. The molecule has 0 aliphatic carbocycles. The molecule has 0 bridgehead atoms. The third kappa shape index (κ3) is 4.36. The third-order valence-electron chi connectivity index (χ3n) is 5.59. The van der Waals surface area contributed by atoms with Gasteiger partial charge in [0.1, 0.15) is 0 Å². The smallest absolute Gasteiger partial charge is 0.222 e. The first-order chi connectivity index (χ1) is 12.6. The van der Waals surface area contributed by atoms with Crippen molar-refractivity contribution >= 4 is 23.3 Å². The number of rotatable bonds is 3. The molecule has 0 saturated carbocycles. The number of aromatic nitrogens is 1. The monoisotopic (exact) mass is 399 g/mol. The standard InChI is InChI=1S/C19H27ClFN3O3/c1-12(2)17(25)23-15-10-27-19(11-18(15,3)26)4-6-24(7-5-19)16-14(21)8-13(20)9-22-16/h8-9,12,15,26H,4-7,10-11H2,1-3H3,(H,23,25)/t15-,18-/m0/s1. The van der Waals surface area contributed by atoms with Gasteiger partial charge in [0, 0.05) is 31.6 Å². The van der Waals surface area contributed by atoms with E-state index in [0.717, 1.165) is 0 Å². The second-order valence-corrected chi connectivity index (χ2v) is 8.63. The molecule has 0 aromatic carbocycles. The van der Waals surface area contributed by atoms with Crippen molar-refractivity contribution in [2.75, 3.05) is 24.6 Å². The van der Waals surface area contributed by atoms with E-state index in [0.29, 0.717) is 38.2 Å². The Balaban J connectivity index is 1.64. The molecule has 0 radical (unpaired) electrons. The number of anilines is 1. The lowest BCUT2D eigenvalue weighted by molar-refractivity contribution is -0.181. The van der Waals surface area contributed by atoms with E-state index < -0.39 is 23.1 Å². The molecule has 1 amide bonds. The van der Waals surface area contributed by atoms with Gasteiger partial charge in [-0.1, -0.05) is 25.4 Å². The van der Waals surface area contributed by atoms with Gasteiger partial charge in [-0.3, -0.25) is 4.79 Å². The number of nitrogens with one attached hydrogen (secondary N) is 1. The van der Waals surface area contributed by atoms with E-state index in [1.165, 1.54) is 12.3 Å². The van der Waals surface area contributed by atoms with Crippen LogP contribution in [0, 0.1) is 11.7 Å². The van der Waals surface area contributed by atoms with Crippen molar-refractivity contribution in [3.8, 4) is 0 Å². The van der Waals surface area contributed by atoms with Crippen LogP contribution in [0.5, 0.6) is 0 Å². The Bertz CT molecular complexity index is 705. The SMILES string of the molecule is CC(C)C(=O)N[C@H]1COC2(CCN(c3ncc(Cl)cc3F)CC2)C[C@]1(C)O. The summed E-state index contributed by atoms with van der Waals surface area (Å²) in [6.45, 7) is 6.79. The maximum absolute atomic E-state index is 14.1. The van der Waals surface area contributed by atoms with Gasteiger partial charge in [0.25, 0.3) is 0 Å². The lowest BCUT2D eigenvalue weighted by Gasteiger charge is -2.51. The maximum Gasteiger partial charge on any atom is 0.222 e. The highest BCUT2D eigenvalue weighted by atomic mass is 35.5. The van der Waals surface area contributed by atoms with E-state index >= 15 is 0 Å². The van der Waals surface area contributed by atoms with Crippen molar-refractivity contribution in [3.05, 3.63) is 23.1 Å². The molecule has 6 nitrogen and oxygen atoms in total. The van der Waals surface area contributed by atoms with Gasteiger partial charge in [-0.2, -0.15) is 0 Å². The summed E-state index contributed by atoms with van der Waals surface area (Å²) in [7, 11) is 0. The van der Waals surface area contributed by atoms with Crippen LogP contribution in [0.1, 0.15) is 40.0 Å². The lowest BCUT2D eigenvalue weighted by Crippen LogP contribution is -2.64. The van der Waals surface area contributed by atoms with Crippen LogP contribution in [0.3, 0.4) is 0 Å². The molecule has 2 atom stereocenters. The van der Waals surface area contributed by atoms with E-state index in [1.54, 1.807) is 6.92 Å². The summed E-state index contributed by atoms with van der Waals surface area (Å²) in [5.41, 5.74) is -1.53. The van der Waals surface area contributed by atoms with Gasteiger partial charge in [0.2, 0.25) is 5.91 Å². The molecule has 8 heteroatoms. The number of pyridine rings is 1. The van der Waals surface area contributed by atoms with Gasteiger partial charge in [0.15, 0.2) is 11.6 Å². The summed E-state index contributed by atoms with van der Waals surface area (Å²) in [4.78, 5) is 18.0. The average molecular weight is 400 g/mol. The van der Waals surface area contributed by atoms with Gasteiger partial charge in [-0.25, -0.2) is 9.37 Å². The number of amides is 1. The number of hydrogen-bond acceptors (Lipinski definition) is 5. The number of carbonyl (C=O) groups excluding carboxylic acids is 1. The van der Waals surface area contributed by atoms with Crippen LogP contribution in [0.15, 0.2) is 12.3 Å². The van der Waals surface area contributed by atoms with Crippen LogP contribution in [0.4, 0.5) is 10.2 Å². The Morgan fingerprint density at radius 3 is 2.70 bits per heavy atom. The quantitative estimate of drug-likeness (QED) is 0.817. The Morgan fingerprint density at radius 2 is 2.15 bits per heavy atom. The normalized spacial score (nSPS) is 27.8. The van der Waals surface area contributed by atoms with E-state index in [4.69, 9.17) is 16.3 Å². The fourth-order valence-electron chi connectivity index (χ4n) is 3.89. The molecule has 3 rings (SSSR count). The minimum Gasteiger partial charge on any atom is -0.388 e. The second-order valence-electron chi connectivity index (χ2n) is 8.19. The average Bonchev–Trinajstić information content (AvgIpc) is 2.58. The first kappa shape index (κ1) is 20.3. The van der Waals surface area contributed by atoms with E-state index in [1.807, 2.05) is 18.7 Å². The van der Waals surface area contributed by atoms with Crippen molar-refractivity contribution < 1.29 is 19.0 Å². The Hall–Kier alpha value is -1.44. The van der Waals surface area contributed by atoms with Crippen LogP contribution in [0.25, 0.3) is 0 Å². The topological polar surface area (TPSA) is 74.7 Å². The number of piperidine rings is 1. The predicted octanol–water partition coefficient (Wildman–Crippen LogP) is 2.53. The second kappa shape index (κ2) is 7.53. The Kier molecular flexibility index (Phi) is 5.66. The number of nitrogens with zero attached hydrogens (tertiary/aromatic N) is 2. The van der Waals surface area contributed by atoms with Gasteiger partial charge in [-0.05, 0) is 25.8 Å². The molecule has 2 N–H and O–H groups in total. The molecule has 1 aromatic rings. The van der Waals surface area contributed by atoms with Crippen molar-refractivity contribution in [1.82, 2.24) is 10.3 Å². The van der Waals surface area contributed by atoms with Crippen molar-refractivity contribution in [2.24, 2.45) is 5.92 Å². The summed E-state index contributed by atoms with van der Waals surface area (Å²) < 4.78 is 20.3. The van der Waals surface area contributed by atoms with Crippen LogP contribution < -0.4 is 10.2 Å². The molecule has 0 unspecified atom stereocenters. The largest absolute Gasteiger partial charge is 0.388 e. The maximum atomic E-state index is 14.1. The highest BCUT2D eigenvalue weighted by molar-refractivity contribution is 6.30. The molecular formula is C19H27ClFN3O3. The zero-order valence-corrected chi connectivity index (χ0v) is 16.7. The first-order valence-corrected chi connectivity index (χ1v) is 9.72. The molecule has 2 aliphatic heterocycles. The molecular weight excluding hydrogens is 373 g/mol. The predicted molar refractivity (Wildman–Crippen MR) is 101 cm³/mol. The van der Waals surface area contributed by atoms with Gasteiger partial charge in [0.05, 0.1) is 28.9 Å². The molecule has 2 fully saturated rings. The van der Waals surface area contributed by atoms with Crippen LogP contribution in [-0.4, -0.2) is 52.9 Å². The molecule has 1 aromatic heterocycles. The number of hydrogen-bond donors (Lipinski definition) is 2.